The van der Waals surface area contributed by atoms with E-state index in [2.05, 4.69) is 27.9 Å². The molecule has 0 aliphatic heterocycles. The van der Waals surface area contributed by atoms with Gasteiger partial charge in [0.15, 0.2) is 11.0 Å². The number of amides is 1. The van der Waals surface area contributed by atoms with Crippen molar-refractivity contribution in [2.24, 2.45) is 0 Å². The van der Waals surface area contributed by atoms with Gasteiger partial charge in [-0.25, -0.2) is 0 Å². The molecule has 1 aromatic rings. The first-order valence-corrected chi connectivity index (χ1v) is 6.24. The maximum absolute atomic E-state index is 11.4. The highest BCUT2D eigenvalue weighted by molar-refractivity contribution is 14.1. The number of rotatable bonds is 5. The Balaban J connectivity index is 2.29. The molecule has 0 bridgehead atoms. The first-order chi connectivity index (χ1) is 6.74. The normalized spacial score (nSPS) is 10.1. The van der Waals surface area contributed by atoms with Gasteiger partial charge in [-0.1, -0.05) is 22.6 Å². The second kappa shape index (κ2) is 6.29. The average Bonchev–Trinajstić information content (AvgIpc) is 2.59. The zero-order chi connectivity index (χ0) is 10.4. The first kappa shape index (κ1) is 11.8. The second-order valence-electron chi connectivity index (χ2n) is 2.76. The fraction of sp³-hybridized carbons (Fsp3) is 0.444. The molecule has 78 valence electrons. The summed E-state index contributed by atoms with van der Waals surface area (Å²) in [6.07, 6.45) is 2.10. The third-order valence-electron chi connectivity index (χ3n) is 1.64. The standard InChI is InChI=1S/C9H11ClINO2/c10-8-4-3-7(14-8)9(13)12-6-2-1-5-11/h3-4H,1-2,5-6H2,(H,12,13). The van der Waals surface area contributed by atoms with Crippen molar-refractivity contribution < 1.29 is 9.21 Å². The molecule has 0 atom stereocenters. The van der Waals surface area contributed by atoms with Crippen LogP contribution in [-0.2, 0) is 0 Å². The molecule has 0 fully saturated rings. The van der Waals surface area contributed by atoms with Crippen molar-refractivity contribution in [2.45, 2.75) is 12.8 Å². The van der Waals surface area contributed by atoms with Crippen LogP contribution in [0.15, 0.2) is 16.5 Å². The van der Waals surface area contributed by atoms with Crippen LogP contribution < -0.4 is 5.32 Å². The van der Waals surface area contributed by atoms with Gasteiger partial charge in [-0.15, -0.1) is 0 Å². The summed E-state index contributed by atoms with van der Waals surface area (Å²) in [5.41, 5.74) is 0. The number of carbonyl (C=O) groups is 1. The fourth-order valence-electron chi connectivity index (χ4n) is 0.945. The number of halogens is 2. The minimum atomic E-state index is -0.203. The predicted molar refractivity (Wildman–Crippen MR) is 64.2 cm³/mol. The minimum Gasteiger partial charge on any atom is -0.440 e. The SMILES string of the molecule is O=C(NCCCCI)c1ccc(Cl)o1. The molecule has 0 aromatic carbocycles. The predicted octanol–water partition coefficient (Wildman–Crippen LogP) is 2.88. The number of carbonyl (C=O) groups excluding carboxylic acids is 1. The van der Waals surface area contributed by atoms with E-state index >= 15 is 0 Å². The minimum absolute atomic E-state index is 0.203. The largest absolute Gasteiger partial charge is 0.440 e. The molecule has 1 rings (SSSR count). The van der Waals surface area contributed by atoms with Crippen LogP contribution in [0, 0.1) is 0 Å². The summed E-state index contributed by atoms with van der Waals surface area (Å²) in [6.45, 7) is 0.681. The number of furan rings is 1. The van der Waals surface area contributed by atoms with Gasteiger partial charge < -0.3 is 9.73 Å². The highest BCUT2D eigenvalue weighted by Gasteiger charge is 2.08. The van der Waals surface area contributed by atoms with Gasteiger partial charge in [0.25, 0.3) is 5.91 Å². The van der Waals surface area contributed by atoms with E-state index in [0.29, 0.717) is 6.54 Å². The Morgan fingerprint density at radius 3 is 2.86 bits per heavy atom. The van der Waals surface area contributed by atoms with Crippen LogP contribution in [0.25, 0.3) is 0 Å². The molecule has 1 heterocycles. The number of hydrogen-bond acceptors (Lipinski definition) is 2. The molecule has 3 nitrogen and oxygen atoms in total. The van der Waals surface area contributed by atoms with Crippen molar-refractivity contribution in [1.29, 1.82) is 0 Å². The molecule has 5 heteroatoms. The lowest BCUT2D eigenvalue weighted by Crippen LogP contribution is -2.23. The van der Waals surface area contributed by atoms with E-state index in [1.165, 1.54) is 0 Å². The van der Waals surface area contributed by atoms with Gasteiger partial charge in [0.05, 0.1) is 0 Å². The molecule has 1 amide bonds. The van der Waals surface area contributed by atoms with E-state index < -0.39 is 0 Å². The van der Waals surface area contributed by atoms with E-state index in [9.17, 15) is 4.79 Å². The molecule has 14 heavy (non-hydrogen) atoms. The lowest BCUT2D eigenvalue weighted by molar-refractivity contribution is 0.0925. The van der Waals surface area contributed by atoms with Crippen molar-refractivity contribution in [3.8, 4) is 0 Å². The Kier molecular flexibility index (Phi) is 5.32. The monoisotopic (exact) mass is 327 g/mol. The van der Waals surface area contributed by atoms with Crippen molar-refractivity contribution in [2.75, 3.05) is 11.0 Å². The zero-order valence-corrected chi connectivity index (χ0v) is 10.5. The van der Waals surface area contributed by atoms with Crippen molar-refractivity contribution in [3.63, 3.8) is 0 Å². The first-order valence-electron chi connectivity index (χ1n) is 4.33. The Morgan fingerprint density at radius 1 is 1.50 bits per heavy atom. The van der Waals surface area contributed by atoms with E-state index in [0.717, 1.165) is 17.3 Å². The Morgan fingerprint density at radius 2 is 2.29 bits per heavy atom. The van der Waals surface area contributed by atoms with Crippen LogP contribution in [0.2, 0.25) is 5.22 Å². The molecular weight excluding hydrogens is 316 g/mol. The molecule has 1 aromatic heterocycles. The highest BCUT2D eigenvalue weighted by Crippen LogP contribution is 2.12. The average molecular weight is 328 g/mol. The number of hydrogen-bond donors (Lipinski definition) is 1. The lowest BCUT2D eigenvalue weighted by Gasteiger charge is -2.00. The maximum atomic E-state index is 11.4. The summed E-state index contributed by atoms with van der Waals surface area (Å²) in [5.74, 6) is 0.0647. The maximum Gasteiger partial charge on any atom is 0.287 e. The van der Waals surface area contributed by atoms with Crippen molar-refractivity contribution in [3.05, 3.63) is 23.1 Å². The van der Waals surface area contributed by atoms with Gasteiger partial charge in [0.1, 0.15) is 0 Å². The zero-order valence-electron chi connectivity index (χ0n) is 7.56. The van der Waals surface area contributed by atoms with Crippen LogP contribution in [0.1, 0.15) is 23.4 Å². The molecule has 0 radical (unpaired) electrons. The highest BCUT2D eigenvalue weighted by atomic mass is 127. The van der Waals surface area contributed by atoms with Crippen molar-refractivity contribution >= 4 is 40.1 Å². The lowest BCUT2D eigenvalue weighted by atomic mass is 10.3. The van der Waals surface area contributed by atoms with Crippen LogP contribution in [0.3, 0.4) is 0 Å². The number of nitrogens with one attached hydrogen (secondary N) is 1. The molecule has 0 saturated heterocycles. The topological polar surface area (TPSA) is 42.2 Å². The van der Waals surface area contributed by atoms with Gasteiger partial charge in [0, 0.05) is 6.54 Å². The van der Waals surface area contributed by atoms with Crippen molar-refractivity contribution in [1.82, 2.24) is 5.32 Å². The number of unbranched alkanes of at least 4 members (excludes halogenated alkanes) is 1. The summed E-state index contributed by atoms with van der Waals surface area (Å²) in [6, 6.07) is 3.12. The van der Waals surface area contributed by atoms with E-state index in [1.54, 1.807) is 12.1 Å². The van der Waals surface area contributed by atoms with Crippen LogP contribution in [0.4, 0.5) is 0 Å². The summed E-state index contributed by atoms with van der Waals surface area (Å²) in [7, 11) is 0. The van der Waals surface area contributed by atoms with Gasteiger partial charge in [0.2, 0.25) is 0 Å². The summed E-state index contributed by atoms with van der Waals surface area (Å²) < 4.78 is 6.07. The molecule has 0 spiro atoms. The Labute approximate surface area is 101 Å². The molecule has 0 unspecified atom stereocenters. The summed E-state index contributed by atoms with van der Waals surface area (Å²) >= 11 is 7.85. The van der Waals surface area contributed by atoms with Gasteiger partial charge >= 0.3 is 0 Å². The van der Waals surface area contributed by atoms with Crippen LogP contribution >= 0.6 is 34.2 Å². The summed E-state index contributed by atoms with van der Waals surface area (Å²) in [4.78, 5) is 11.4. The second-order valence-corrected chi connectivity index (χ2v) is 4.21. The van der Waals surface area contributed by atoms with E-state index in [-0.39, 0.29) is 16.9 Å². The smallest absolute Gasteiger partial charge is 0.287 e. The van der Waals surface area contributed by atoms with Gasteiger partial charge in [-0.05, 0) is 41.0 Å². The molecule has 1 N–H and O–H groups in total. The molecule has 0 saturated carbocycles. The van der Waals surface area contributed by atoms with Crippen LogP contribution in [0.5, 0.6) is 0 Å². The quantitative estimate of drug-likeness (QED) is 0.513. The third kappa shape index (κ3) is 3.88. The summed E-state index contributed by atoms with van der Waals surface area (Å²) in [5, 5.41) is 2.99. The molecule has 0 aliphatic rings. The van der Waals surface area contributed by atoms with Crippen LogP contribution in [-0.4, -0.2) is 16.9 Å². The van der Waals surface area contributed by atoms with E-state index in [4.69, 9.17) is 16.0 Å². The third-order valence-corrected chi connectivity index (χ3v) is 2.61. The molecular formula is C9H11ClINO2. The Hall–Kier alpha value is -0.230. The van der Waals surface area contributed by atoms with Gasteiger partial charge in [-0.3, -0.25) is 4.79 Å². The number of alkyl halides is 1. The fourth-order valence-corrected chi connectivity index (χ4v) is 1.63. The van der Waals surface area contributed by atoms with E-state index in [1.807, 2.05) is 0 Å². The molecule has 0 aliphatic carbocycles. The van der Waals surface area contributed by atoms with Gasteiger partial charge in [-0.2, -0.15) is 0 Å². The Bertz CT molecular complexity index is 301.